The number of methoxy groups -OCH3 is 1. The quantitative estimate of drug-likeness (QED) is 0.830. The minimum absolute atomic E-state index is 0.104. The van der Waals surface area contributed by atoms with E-state index in [0.717, 1.165) is 32.2 Å². The first-order chi connectivity index (χ1) is 9.45. The summed E-state index contributed by atoms with van der Waals surface area (Å²) < 4.78 is 5.70. The Morgan fingerprint density at radius 3 is 2.55 bits per heavy atom. The zero-order chi connectivity index (χ0) is 14.9. The molecule has 1 saturated carbocycles. The number of likely N-dealkylation sites (tertiary alicyclic amines) is 1. The van der Waals surface area contributed by atoms with Crippen molar-refractivity contribution in [2.75, 3.05) is 20.7 Å². The third-order valence-corrected chi connectivity index (χ3v) is 5.10. The molecular formula is C15H29N3O2. The second-order valence-corrected chi connectivity index (χ2v) is 6.49. The number of carbonyl (C=O) groups excluding carboxylic acids is 1. The van der Waals surface area contributed by atoms with Gasteiger partial charge < -0.3 is 20.3 Å². The lowest BCUT2D eigenvalue weighted by Gasteiger charge is -2.43. The molecule has 0 spiro atoms. The summed E-state index contributed by atoms with van der Waals surface area (Å²) in [4.78, 5) is 16.5. The fourth-order valence-corrected chi connectivity index (χ4v) is 3.55. The van der Waals surface area contributed by atoms with Crippen LogP contribution in [0.15, 0.2) is 0 Å². The Balaban J connectivity index is 2.02. The summed E-state index contributed by atoms with van der Waals surface area (Å²) in [6.07, 6.45) is 4.04. The van der Waals surface area contributed by atoms with Crippen molar-refractivity contribution in [3.63, 3.8) is 0 Å². The zero-order valence-corrected chi connectivity index (χ0v) is 13.2. The lowest BCUT2D eigenvalue weighted by atomic mass is 9.86. The number of rotatable bonds is 4. The van der Waals surface area contributed by atoms with Gasteiger partial charge in [-0.15, -0.1) is 0 Å². The highest BCUT2D eigenvalue weighted by Gasteiger charge is 2.41. The van der Waals surface area contributed by atoms with Crippen LogP contribution in [0.1, 0.15) is 39.5 Å². The van der Waals surface area contributed by atoms with E-state index < -0.39 is 0 Å². The average molecular weight is 283 g/mol. The van der Waals surface area contributed by atoms with E-state index in [9.17, 15) is 4.79 Å². The van der Waals surface area contributed by atoms with Gasteiger partial charge in [0.15, 0.2) is 0 Å². The van der Waals surface area contributed by atoms with Crippen LogP contribution in [0.2, 0.25) is 0 Å². The SMILES string of the molecule is CO[C@@H]1C[C@H](N(C)C(C)C)CC[C@@H]1N1CCC(N)C1=O. The highest BCUT2D eigenvalue weighted by atomic mass is 16.5. The molecule has 0 aromatic carbocycles. The monoisotopic (exact) mass is 283 g/mol. The molecule has 0 bridgehead atoms. The van der Waals surface area contributed by atoms with Crippen LogP contribution in [0, 0.1) is 0 Å². The largest absolute Gasteiger partial charge is 0.379 e. The molecule has 2 rings (SSSR count). The van der Waals surface area contributed by atoms with Crippen LogP contribution in [0.5, 0.6) is 0 Å². The molecule has 1 amide bonds. The third kappa shape index (κ3) is 3.00. The van der Waals surface area contributed by atoms with E-state index in [0.29, 0.717) is 12.1 Å². The molecule has 2 N–H and O–H groups in total. The second kappa shape index (κ2) is 6.41. The van der Waals surface area contributed by atoms with E-state index in [1.807, 2.05) is 4.90 Å². The maximum absolute atomic E-state index is 12.1. The van der Waals surface area contributed by atoms with Crippen molar-refractivity contribution in [3.05, 3.63) is 0 Å². The normalized spacial score (nSPS) is 35.4. The topological polar surface area (TPSA) is 58.8 Å². The molecule has 1 aliphatic carbocycles. The summed E-state index contributed by atoms with van der Waals surface area (Å²) in [7, 11) is 3.94. The first-order valence-corrected chi connectivity index (χ1v) is 7.76. The second-order valence-electron chi connectivity index (χ2n) is 6.49. The average Bonchev–Trinajstić information content (AvgIpc) is 2.77. The fraction of sp³-hybridized carbons (Fsp3) is 0.933. The lowest BCUT2D eigenvalue weighted by molar-refractivity contribution is -0.135. The molecule has 1 unspecified atom stereocenters. The molecule has 2 aliphatic rings. The molecule has 0 aromatic rings. The first kappa shape index (κ1) is 15.7. The zero-order valence-electron chi connectivity index (χ0n) is 13.2. The molecule has 1 saturated heterocycles. The Labute approximate surface area is 122 Å². The van der Waals surface area contributed by atoms with Gasteiger partial charge in [0.25, 0.3) is 0 Å². The highest BCUT2D eigenvalue weighted by Crippen LogP contribution is 2.31. The minimum atomic E-state index is -0.302. The van der Waals surface area contributed by atoms with Crippen LogP contribution < -0.4 is 5.73 Å². The molecule has 116 valence electrons. The van der Waals surface area contributed by atoms with Crippen molar-refractivity contribution < 1.29 is 9.53 Å². The van der Waals surface area contributed by atoms with Crippen molar-refractivity contribution in [2.24, 2.45) is 5.73 Å². The summed E-state index contributed by atoms with van der Waals surface area (Å²) in [6, 6.07) is 0.986. The molecule has 20 heavy (non-hydrogen) atoms. The van der Waals surface area contributed by atoms with Gasteiger partial charge in [-0.05, 0) is 46.6 Å². The van der Waals surface area contributed by atoms with Gasteiger partial charge in [-0.25, -0.2) is 0 Å². The maximum Gasteiger partial charge on any atom is 0.239 e. The minimum Gasteiger partial charge on any atom is -0.379 e. The van der Waals surface area contributed by atoms with Gasteiger partial charge in [-0.3, -0.25) is 4.79 Å². The smallest absolute Gasteiger partial charge is 0.239 e. The summed E-state index contributed by atoms with van der Waals surface area (Å²) in [5.41, 5.74) is 5.84. The van der Waals surface area contributed by atoms with Gasteiger partial charge in [-0.1, -0.05) is 0 Å². The third-order valence-electron chi connectivity index (χ3n) is 5.10. The molecule has 2 fully saturated rings. The standard InChI is InChI=1S/C15H29N3O2/c1-10(2)17(3)11-5-6-13(14(9-11)20-4)18-8-7-12(16)15(18)19/h10-14H,5-9,16H2,1-4H3/t11-,12?,13+,14-/m1/s1. The van der Waals surface area contributed by atoms with Crippen molar-refractivity contribution in [1.82, 2.24) is 9.80 Å². The van der Waals surface area contributed by atoms with Crippen molar-refractivity contribution in [3.8, 4) is 0 Å². The molecule has 0 radical (unpaired) electrons. The molecular weight excluding hydrogens is 254 g/mol. The van der Waals surface area contributed by atoms with Crippen LogP contribution >= 0.6 is 0 Å². The number of hydrogen-bond donors (Lipinski definition) is 1. The van der Waals surface area contributed by atoms with Crippen LogP contribution in [-0.2, 0) is 9.53 Å². The van der Waals surface area contributed by atoms with Crippen LogP contribution in [-0.4, -0.2) is 66.7 Å². The molecule has 4 atom stereocenters. The Morgan fingerprint density at radius 2 is 2.05 bits per heavy atom. The molecule has 5 heteroatoms. The summed E-state index contributed by atoms with van der Waals surface area (Å²) >= 11 is 0. The van der Waals surface area contributed by atoms with E-state index in [2.05, 4.69) is 25.8 Å². The predicted octanol–water partition coefficient (Wildman–Crippen LogP) is 0.822. The Morgan fingerprint density at radius 1 is 1.35 bits per heavy atom. The van der Waals surface area contributed by atoms with E-state index >= 15 is 0 Å². The van der Waals surface area contributed by atoms with Gasteiger partial charge in [0, 0.05) is 25.7 Å². The fourth-order valence-electron chi connectivity index (χ4n) is 3.55. The van der Waals surface area contributed by atoms with Crippen LogP contribution in [0.4, 0.5) is 0 Å². The van der Waals surface area contributed by atoms with Crippen molar-refractivity contribution in [1.29, 1.82) is 0 Å². The van der Waals surface area contributed by atoms with Crippen LogP contribution in [0.3, 0.4) is 0 Å². The van der Waals surface area contributed by atoms with Gasteiger partial charge >= 0.3 is 0 Å². The van der Waals surface area contributed by atoms with Gasteiger partial charge in [0.05, 0.1) is 18.2 Å². The summed E-state index contributed by atoms with van der Waals surface area (Å²) in [6.45, 7) is 5.23. The van der Waals surface area contributed by atoms with E-state index in [1.165, 1.54) is 0 Å². The van der Waals surface area contributed by atoms with E-state index in [1.54, 1.807) is 7.11 Å². The molecule has 1 aliphatic heterocycles. The van der Waals surface area contributed by atoms with Crippen LogP contribution in [0.25, 0.3) is 0 Å². The Kier molecular flexibility index (Phi) is 5.04. The lowest BCUT2D eigenvalue weighted by Crippen LogP contribution is -2.53. The number of amides is 1. The first-order valence-electron chi connectivity index (χ1n) is 7.76. The number of hydrogen-bond acceptors (Lipinski definition) is 4. The van der Waals surface area contributed by atoms with Crippen molar-refractivity contribution >= 4 is 5.91 Å². The number of nitrogens with two attached hydrogens (primary N) is 1. The number of carbonyl (C=O) groups is 1. The molecule has 5 nitrogen and oxygen atoms in total. The Hall–Kier alpha value is -0.650. The number of nitrogens with zero attached hydrogens (tertiary/aromatic N) is 2. The predicted molar refractivity (Wildman–Crippen MR) is 79.4 cm³/mol. The van der Waals surface area contributed by atoms with E-state index in [-0.39, 0.29) is 24.1 Å². The Bertz CT molecular complexity index is 348. The van der Waals surface area contributed by atoms with Gasteiger partial charge in [0.1, 0.15) is 0 Å². The number of ether oxygens (including phenoxy) is 1. The van der Waals surface area contributed by atoms with Gasteiger partial charge in [0.2, 0.25) is 5.91 Å². The van der Waals surface area contributed by atoms with E-state index in [4.69, 9.17) is 10.5 Å². The highest BCUT2D eigenvalue weighted by molar-refractivity contribution is 5.84. The van der Waals surface area contributed by atoms with Crippen molar-refractivity contribution in [2.45, 2.75) is 69.8 Å². The summed E-state index contributed by atoms with van der Waals surface area (Å²) in [5, 5.41) is 0. The maximum atomic E-state index is 12.1. The van der Waals surface area contributed by atoms with Gasteiger partial charge in [-0.2, -0.15) is 0 Å². The summed E-state index contributed by atoms with van der Waals surface area (Å²) in [5.74, 6) is 0.104. The molecule has 0 aromatic heterocycles. The molecule has 1 heterocycles.